The minimum atomic E-state index is -1.31. The first-order chi connectivity index (χ1) is 15.3. The van der Waals surface area contributed by atoms with E-state index in [0.29, 0.717) is 30.6 Å². The Balaban J connectivity index is 0.00000385. The molecule has 0 saturated carbocycles. The van der Waals surface area contributed by atoms with Gasteiger partial charge >= 0.3 is 43.7 Å². The van der Waals surface area contributed by atoms with E-state index in [2.05, 4.69) is 24.2 Å². The van der Waals surface area contributed by atoms with Crippen molar-refractivity contribution in [3.8, 4) is 23.1 Å². The molecule has 0 spiro atoms. The molecule has 8 heteroatoms. The fourth-order valence-electron chi connectivity index (χ4n) is 3.07. The number of hydrogen-bond donors (Lipinski definition) is 1. The van der Waals surface area contributed by atoms with Crippen molar-refractivity contribution in [1.82, 2.24) is 9.78 Å². The van der Waals surface area contributed by atoms with Gasteiger partial charge in [-0.25, -0.2) is 9.48 Å². The molecule has 33 heavy (non-hydrogen) atoms. The number of carboxylic acids is 1. The van der Waals surface area contributed by atoms with Crippen LogP contribution in [-0.2, 0) is 11.2 Å². The molecule has 1 heterocycles. The van der Waals surface area contributed by atoms with Crippen LogP contribution in [0, 0.1) is 6.92 Å². The van der Waals surface area contributed by atoms with Crippen molar-refractivity contribution >= 4 is 43.7 Å². The third-order valence-corrected chi connectivity index (χ3v) is 4.88. The second-order valence-electron chi connectivity index (χ2n) is 8.02. The summed E-state index contributed by atoms with van der Waals surface area (Å²) < 4.78 is 19.0. The number of nitrogens with zero attached hydrogens (tertiary/aromatic N) is 2. The van der Waals surface area contributed by atoms with Crippen LogP contribution >= 0.6 is 0 Å². The zero-order valence-electron chi connectivity index (χ0n) is 21.7. The van der Waals surface area contributed by atoms with Crippen molar-refractivity contribution in [1.29, 1.82) is 0 Å². The number of carboxylic acid groups (broad SMARTS) is 1. The van der Waals surface area contributed by atoms with Gasteiger partial charge in [0.25, 0.3) is 0 Å². The predicted octanol–water partition coefficient (Wildman–Crippen LogP) is 4.68. The van der Waals surface area contributed by atoms with E-state index >= 15 is 0 Å². The normalized spacial score (nSPS) is 10.9. The van der Waals surface area contributed by atoms with Crippen molar-refractivity contribution in [3.05, 3.63) is 65.9 Å². The molecule has 3 aromatic rings. The second kappa shape index (κ2) is 12.3. The summed E-state index contributed by atoms with van der Waals surface area (Å²) in [5.41, 5.74) is 1.90. The molecule has 0 aliphatic heterocycles. The maximum absolute atomic E-state index is 11.3. The quantitative estimate of drug-likeness (QED) is 0.317. The zero-order valence-corrected chi connectivity index (χ0v) is 21.9. The van der Waals surface area contributed by atoms with Crippen molar-refractivity contribution in [3.63, 3.8) is 0 Å². The molecule has 0 radical (unpaired) electrons. The first-order valence-electron chi connectivity index (χ1n) is 10.7. The number of carbonyl (C=O) groups is 1. The van der Waals surface area contributed by atoms with Gasteiger partial charge in [-0.2, -0.15) is 0 Å². The van der Waals surface area contributed by atoms with Gasteiger partial charge in [0.15, 0.2) is 5.60 Å². The van der Waals surface area contributed by atoms with Crippen molar-refractivity contribution < 1.29 is 27.0 Å². The summed E-state index contributed by atoms with van der Waals surface area (Å²) in [5, 5.41) is 13.8. The SMILES string of the molecule is CCOc1nn(-c2ccc(C)cc2)cc1CCCOc1cccc(OC(C)(C)C(=O)O)c1.[Ca+2].[H-].[H-]. The monoisotopic (exact) mass is 480 g/mol. The van der Waals surface area contributed by atoms with Gasteiger partial charge in [-0.3, -0.25) is 0 Å². The molecule has 0 fully saturated rings. The fraction of sp³-hybridized carbons (Fsp3) is 0.360. The smallest absolute Gasteiger partial charge is 1.00 e. The van der Waals surface area contributed by atoms with Crippen LogP contribution in [0.25, 0.3) is 5.69 Å². The molecule has 0 aliphatic rings. The number of aromatic nitrogens is 2. The maximum Gasteiger partial charge on any atom is 2.00 e. The number of rotatable bonds is 11. The summed E-state index contributed by atoms with van der Waals surface area (Å²) in [7, 11) is 0. The van der Waals surface area contributed by atoms with Crippen LogP contribution in [-0.4, -0.2) is 77.4 Å². The van der Waals surface area contributed by atoms with E-state index in [1.54, 1.807) is 18.2 Å². The molecule has 1 aromatic heterocycles. The van der Waals surface area contributed by atoms with Gasteiger partial charge in [0.1, 0.15) is 11.5 Å². The van der Waals surface area contributed by atoms with Gasteiger partial charge in [-0.05, 0) is 64.8 Å². The predicted molar refractivity (Wildman–Crippen MR) is 130 cm³/mol. The van der Waals surface area contributed by atoms with Gasteiger partial charge in [0, 0.05) is 17.8 Å². The fourth-order valence-corrected chi connectivity index (χ4v) is 3.07. The van der Waals surface area contributed by atoms with Gasteiger partial charge in [-0.1, -0.05) is 23.8 Å². The Morgan fingerprint density at radius 2 is 1.82 bits per heavy atom. The second-order valence-corrected chi connectivity index (χ2v) is 8.02. The number of benzene rings is 2. The Bertz CT molecular complexity index is 1060. The average molecular weight is 481 g/mol. The van der Waals surface area contributed by atoms with Crippen molar-refractivity contribution in [2.45, 2.75) is 46.1 Å². The van der Waals surface area contributed by atoms with Crippen molar-refractivity contribution in [2.24, 2.45) is 0 Å². The van der Waals surface area contributed by atoms with Gasteiger partial charge in [0.2, 0.25) is 5.88 Å². The van der Waals surface area contributed by atoms with E-state index in [4.69, 9.17) is 14.2 Å². The topological polar surface area (TPSA) is 82.8 Å². The Hall–Kier alpha value is -2.22. The molecule has 0 aliphatic carbocycles. The molecule has 3 rings (SSSR count). The van der Waals surface area contributed by atoms with Crippen LogP contribution in [0.3, 0.4) is 0 Å². The van der Waals surface area contributed by atoms with Gasteiger partial charge in [0.05, 0.1) is 18.9 Å². The van der Waals surface area contributed by atoms with Crippen LogP contribution in [0.15, 0.2) is 54.7 Å². The summed E-state index contributed by atoms with van der Waals surface area (Å²) in [4.78, 5) is 11.3. The number of ether oxygens (including phenoxy) is 3. The van der Waals surface area contributed by atoms with Crippen molar-refractivity contribution in [2.75, 3.05) is 13.2 Å². The van der Waals surface area contributed by atoms with E-state index in [9.17, 15) is 9.90 Å². The van der Waals surface area contributed by atoms with Gasteiger partial charge in [-0.15, -0.1) is 5.10 Å². The molecule has 0 unspecified atom stereocenters. The van der Waals surface area contributed by atoms with Crippen LogP contribution < -0.4 is 14.2 Å². The molecular weight excluding hydrogens is 448 g/mol. The summed E-state index contributed by atoms with van der Waals surface area (Å²) in [5.74, 6) is 0.691. The van der Waals surface area contributed by atoms with E-state index in [0.717, 1.165) is 24.1 Å². The van der Waals surface area contributed by atoms with Gasteiger partial charge < -0.3 is 22.2 Å². The number of aryl methyl sites for hydroxylation is 2. The Morgan fingerprint density at radius 1 is 1.12 bits per heavy atom. The zero-order chi connectivity index (χ0) is 23.1. The average Bonchev–Trinajstić information content (AvgIpc) is 3.14. The van der Waals surface area contributed by atoms with E-state index in [-0.39, 0.29) is 40.6 Å². The van der Waals surface area contributed by atoms with E-state index in [1.807, 2.05) is 36.0 Å². The van der Waals surface area contributed by atoms with Crippen LogP contribution in [0.5, 0.6) is 17.4 Å². The third kappa shape index (κ3) is 7.66. The molecule has 1 N–H and O–H groups in total. The summed E-state index contributed by atoms with van der Waals surface area (Å²) in [6, 6.07) is 15.2. The molecular formula is C25H32CaN2O5. The Morgan fingerprint density at radius 3 is 2.48 bits per heavy atom. The molecule has 174 valence electrons. The Labute approximate surface area is 227 Å². The summed E-state index contributed by atoms with van der Waals surface area (Å²) >= 11 is 0. The standard InChI is InChI=1S/C25H30N2O5.Ca.2H/c1-5-30-23-19(17-27(26-23)20-13-11-18(2)12-14-20)8-7-15-31-21-9-6-10-22(16-21)32-25(3,4)24(28)29;;;/h6,9-14,16-17H,5,7-8,15H2,1-4H3,(H,28,29);;;/q;+2;2*-1. The molecule has 2 aromatic carbocycles. The molecule has 0 atom stereocenters. The molecule has 0 amide bonds. The number of hydrogen-bond acceptors (Lipinski definition) is 5. The summed E-state index contributed by atoms with van der Waals surface area (Å²) in [6.07, 6.45) is 3.52. The van der Waals surface area contributed by atoms with Crippen LogP contribution in [0.4, 0.5) is 0 Å². The molecule has 0 bridgehead atoms. The first kappa shape index (κ1) is 27.0. The molecule has 0 saturated heterocycles. The van der Waals surface area contributed by atoms with E-state index < -0.39 is 11.6 Å². The van der Waals surface area contributed by atoms with Crippen LogP contribution in [0.1, 0.15) is 41.2 Å². The maximum atomic E-state index is 11.3. The summed E-state index contributed by atoms with van der Waals surface area (Å²) in [6.45, 7) is 8.06. The van der Waals surface area contributed by atoms with E-state index in [1.165, 1.54) is 19.4 Å². The Kier molecular flexibility index (Phi) is 10.1. The molecule has 7 nitrogen and oxygen atoms in total. The van der Waals surface area contributed by atoms with Crippen LogP contribution in [0.2, 0.25) is 0 Å². The minimum Gasteiger partial charge on any atom is -1.00 e. The largest absolute Gasteiger partial charge is 2.00 e. The first-order valence-corrected chi connectivity index (χ1v) is 10.7. The minimum absolute atomic E-state index is 0. The third-order valence-electron chi connectivity index (χ3n) is 4.88. The number of aliphatic carboxylic acids is 1.